The van der Waals surface area contributed by atoms with Gasteiger partial charge in [-0.2, -0.15) is 0 Å². The Balaban J connectivity index is 2.17. The van der Waals surface area contributed by atoms with Crippen molar-refractivity contribution in [2.24, 2.45) is 0 Å². The Bertz CT molecular complexity index is 545. The first-order chi connectivity index (χ1) is 8.69. The molecule has 0 saturated carbocycles. The van der Waals surface area contributed by atoms with Crippen molar-refractivity contribution in [2.75, 3.05) is 7.05 Å². The third-order valence-corrected chi connectivity index (χ3v) is 4.14. The second-order valence-corrected chi connectivity index (χ2v) is 5.84. The van der Waals surface area contributed by atoms with Crippen molar-refractivity contribution in [1.29, 1.82) is 0 Å². The fraction of sp³-hybridized carbons (Fsp3) is 0.143. The lowest BCUT2D eigenvalue weighted by Crippen LogP contribution is -2.05. The zero-order valence-corrected chi connectivity index (χ0v) is 12.3. The molecule has 0 heterocycles. The first-order valence-corrected chi connectivity index (χ1v) is 7.16. The van der Waals surface area contributed by atoms with Crippen LogP contribution >= 0.6 is 27.7 Å². The maximum atomic E-state index is 13.1. The first kappa shape index (κ1) is 13.6. The molecule has 1 N–H and O–H groups in total. The summed E-state index contributed by atoms with van der Waals surface area (Å²) < 4.78 is 14.2. The molecule has 2 aromatic carbocycles. The molecule has 0 aliphatic rings. The molecule has 4 heteroatoms. The molecule has 0 aliphatic heterocycles. The van der Waals surface area contributed by atoms with E-state index in [4.69, 9.17) is 0 Å². The largest absolute Gasteiger partial charge is 0.316 e. The van der Waals surface area contributed by atoms with E-state index in [2.05, 4.69) is 33.4 Å². The predicted octanol–water partition coefficient (Wildman–Crippen LogP) is 4.46. The first-order valence-electron chi connectivity index (χ1n) is 5.55. The molecule has 2 rings (SSSR count). The topological polar surface area (TPSA) is 12.0 Å². The maximum Gasteiger partial charge on any atom is 0.124 e. The van der Waals surface area contributed by atoms with Gasteiger partial charge in [0.25, 0.3) is 0 Å². The zero-order valence-electron chi connectivity index (χ0n) is 9.91. The van der Waals surface area contributed by atoms with Gasteiger partial charge in [-0.05, 0) is 42.9 Å². The summed E-state index contributed by atoms with van der Waals surface area (Å²) in [6.45, 7) is 0.825. The number of nitrogens with one attached hydrogen (secondary N) is 1. The normalized spacial score (nSPS) is 10.6. The summed E-state index contributed by atoms with van der Waals surface area (Å²) in [7, 11) is 1.92. The van der Waals surface area contributed by atoms with Gasteiger partial charge in [0.15, 0.2) is 0 Å². The van der Waals surface area contributed by atoms with E-state index in [1.165, 1.54) is 11.6 Å². The highest BCUT2D eigenvalue weighted by atomic mass is 79.9. The summed E-state index contributed by atoms with van der Waals surface area (Å²) in [5, 5.41) is 3.12. The smallest absolute Gasteiger partial charge is 0.124 e. The lowest BCUT2D eigenvalue weighted by atomic mass is 10.2. The van der Waals surface area contributed by atoms with Gasteiger partial charge in [-0.3, -0.25) is 0 Å². The monoisotopic (exact) mass is 325 g/mol. The van der Waals surface area contributed by atoms with Crippen LogP contribution in [0.25, 0.3) is 0 Å². The molecule has 0 saturated heterocycles. The van der Waals surface area contributed by atoms with Crippen molar-refractivity contribution in [3.63, 3.8) is 0 Å². The van der Waals surface area contributed by atoms with Crippen LogP contribution in [-0.2, 0) is 6.54 Å². The Morgan fingerprint density at radius 1 is 1.17 bits per heavy atom. The van der Waals surface area contributed by atoms with E-state index in [-0.39, 0.29) is 5.82 Å². The van der Waals surface area contributed by atoms with Crippen LogP contribution in [0.2, 0.25) is 0 Å². The molecule has 0 unspecified atom stereocenters. The average Bonchev–Trinajstić information content (AvgIpc) is 2.33. The Kier molecular flexibility index (Phi) is 4.80. The van der Waals surface area contributed by atoms with E-state index < -0.39 is 0 Å². The SMILES string of the molecule is CNCc1ccc(Sc2cccc(F)c2)cc1Br. The molecule has 94 valence electrons. The minimum absolute atomic E-state index is 0.203. The number of halogens is 2. The Morgan fingerprint density at radius 2 is 1.94 bits per heavy atom. The van der Waals surface area contributed by atoms with Crippen molar-refractivity contribution < 1.29 is 4.39 Å². The van der Waals surface area contributed by atoms with Crippen molar-refractivity contribution >= 4 is 27.7 Å². The Hall–Kier alpha value is -0.840. The van der Waals surface area contributed by atoms with Crippen molar-refractivity contribution in [2.45, 2.75) is 16.3 Å². The lowest BCUT2D eigenvalue weighted by Gasteiger charge is -2.07. The minimum atomic E-state index is -0.203. The standard InChI is InChI=1S/C14H13BrFNS/c1-17-9-10-5-6-13(8-14(10)15)18-12-4-2-3-11(16)7-12/h2-8,17H,9H2,1H3. The van der Waals surface area contributed by atoms with Crippen LogP contribution in [0.1, 0.15) is 5.56 Å². The predicted molar refractivity (Wildman–Crippen MR) is 77.4 cm³/mol. The van der Waals surface area contributed by atoms with Crippen LogP contribution in [0.5, 0.6) is 0 Å². The van der Waals surface area contributed by atoms with Crippen LogP contribution in [0, 0.1) is 5.82 Å². The van der Waals surface area contributed by atoms with Crippen LogP contribution in [0.15, 0.2) is 56.7 Å². The molecule has 0 spiro atoms. The molecule has 0 fully saturated rings. The third-order valence-electron chi connectivity index (χ3n) is 2.42. The molecule has 0 atom stereocenters. The number of rotatable bonds is 4. The third kappa shape index (κ3) is 3.57. The van der Waals surface area contributed by atoms with E-state index in [0.29, 0.717) is 0 Å². The Morgan fingerprint density at radius 3 is 2.61 bits per heavy atom. The van der Waals surface area contributed by atoms with Gasteiger partial charge in [0, 0.05) is 20.8 Å². The van der Waals surface area contributed by atoms with Gasteiger partial charge >= 0.3 is 0 Å². The van der Waals surface area contributed by atoms with Crippen molar-refractivity contribution in [1.82, 2.24) is 5.32 Å². The zero-order chi connectivity index (χ0) is 13.0. The van der Waals surface area contributed by atoms with Gasteiger partial charge in [0.05, 0.1) is 0 Å². The van der Waals surface area contributed by atoms with Gasteiger partial charge < -0.3 is 5.32 Å². The number of benzene rings is 2. The summed E-state index contributed by atoms with van der Waals surface area (Å²) >= 11 is 5.10. The maximum absolute atomic E-state index is 13.1. The van der Waals surface area contributed by atoms with E-state index in [0.717, 1.165) is 20.8 Å². The molecule has 18 heavy (non-hydrogen) atoms. The highest BCUT2D eigenvalue weighted by Crippen LogP contribution is 2.31. The van der Waals surface area contributed by atoms with E-state index in [9.17, 15) is 4.39 Å². The van der Waals surface area contributed by atoms with Gasteiger partial charge in [0.2, 0.25) is 0 Å². The quantitative estimate of drug-likeness (QED) is 0.890. The van der Waals surface area contributed by atoms with Gasteiger partial charge in [0.1, 0.15) is 5.82 Å². The Labute approximate surface area is 119 Å². The van der Waals surface area contributed by atoms with E-state index >= 15 is 0 Å². The number of hydrogen-bond acceptors (Lipinski definition) is 2. The molecule has 0 radical (unpaired) electrons. The molecule has 0 aliphatic carbocycles. The van der Waals surface area contributed by atoms with E-state index in [1.807, 2.05) is 19.2 Å². The van der Waals surface area contributed by atoms with Gasteiger partial charge in [-0.1, -0.05) is 39.8 Å². The van der Waals surface area contributed by atoms with Crippen LogP contribution in [0.4, 0.5) is 4.39 Å². The molecule has 0 amide bonds. The van der Waals surface area contributed by atoms with Gasteiger partial charge in [-0.25, -0.2) is 4.39 Å². The average molecular weight is 326 g/mol. The van der Waals surface area contributed by atoms with Crippen LogP contribution in [0.3, 0.4) is 0 Å². The summed E-state index contributed by atoms with van der Waals surface area (Å²) in [5.41, 5.74) is 1.21. The molecule has 1 nitrogen and oxygen atoms in total. The fourth-order valence-electron chi connectivity index (χ4n) is 1.59. The van der Waals surface area contributed by atoms with Crippen molar-refractivity contribution in [3.05, 3.63) is 58.3 Å². The highest BCUT2D eigenvalue weighted by Gasteiger charge is 2.03. The molecule has 0 bridgehead atoms. The summed E-state index contributed by atoms with van der Waals surface area (Å²) in [5.74, 6) is -0.203. The summed E-state index contributed by atoms with van der Waals surface area (Å²) in [6, 6.07) is 12.8. The molecule has 0 aromatic heterocycles. The van der Waals surface area contributed by atoms with Gasteiger partial charge in [-0.15, -0.1) is 0 Å². The molecular weight excluding hydrogens is 313 g/mol. The highest BCUT2D eigenvalue weighted by molar-refractivity contribution is 9.10. The van der Waals surface area contributed by atoms with Crippen LogP contribution < -0.4 is 5.32 Å². The molecule has 2 aromatic rings. The van der Waals surface area contributed by atoms with Crippen molar-refractivity contribution in [3.8, 4) is 0 Å². The lowest BCUT2D eigenvalue weighted by molar-refractivity contribution is 0.624. The number of hydrogen-bond donors (Lipinski definition) is 1. The fourth-order valence-corrected chi connectivity index (χ4v) is 3.17. The second kappa shape index (κ2) is 6.36. The second-order valence-electron chi connectivity index (χ2n) is 3.84. The summed E-state index contributed by atoms with van der Waals surface area (Å²) in [4.78, 5) is 2.00. The molecular formula is C14H13BrFNS. The summed E-state index contributed by atoms with van der Waals surface area (Å²) in [6.07, 6.45) is 0. The minimum Gasteiger partial charge on any atom is -0.316 e. The van der Waals surface area contributed by atoms with Crippen LogP contribution in [-0.4, -0.2) is 7.05 Å². The van der Waals surface area contributed by atoms with E-state index in [1.54, 1.807) is 23.9 Å².